The molecule has 0 amide bonds. The lowest BCUT2D eigenvalue weighted by atomic mass is 9.74. The molecule has 1 aromatic carbocycles. The van der Waals surface area contributed by atoms with E-state index in [0.29, 0.717) is 5.02 Å². The van der Waals surface area contributed by atoms with E-state index in [1.165, 1.54) is 12.1 Å². The highest BCUT2D eigenvalue weighted by molar-refractivity contribution is 6.31. The number of hydrogen-bond acceptors (Lipinski definition) is 2. The SMILES string of the molecule is CCCNCC1(c2ccc(F)cc2Cl)CCOCC1. The lowest BCUT2D eigenvalue weighted by molar-refractivity contribution is 0.0500. The number of rotatable bonds is 5. The predicted molar refractivity (Wildman–Crippen MR) is 76.3 cm³/mol. The maximum absolute atomic E-state index is 13.2. The van der Waals surface area contributed by atoms with Gasteiger partial charge in [0.1, 0.15) is 5.82 Å². The molecule has 1 aromatic rings. The molecule has 1 aliphatic heterocycles. The predicted octanol–water partition coefficient (Wildman–Crippen LogP) is 3.53. The second-order valence-electron chi connectivity index (χ2n) is 5.19. The normalized spacial score (nSPS) is 18.5. The molecule has 0 spiro atoms. The van der Waals surface area contributed by atoms with Crippen LogP contribution in [0.4, 0.5) is 4.39 Å². The van der Waals surface area contributed by atoms with Crippen LogP contribution in [0.2, 0.25) is 5.02 Å². The average Bonchev–Trinajstić information content (AvgIpc) is 2.40. The van der Waals surface area contributed by atoms with Crippen molar-refractivity contribution in [3.63, 3.8) is 0 Å². The van der Waals surface area contributed by atoms with Gasteiger partial charge in [0.2, 0.25) is 0 Å². The van der Waals surface area contributed by atoms with E-state index in [1.807, 2.05) is 6.07 Å². The van der Waals surface area contributed by atoms with Crippen molar-refractivity contribution < 1.29 is 9.13 Å². The first-order chi connectivity index (χ1) is 9.18. The topological polar surface area (TPSA) is 21.3 Å². The number of benzene rings is 1. The van der Waals surface area contributed by atoms with Gasteiger partial charge in [-0.25, -0.2) is 4.39 Å². The summed E-state index contributed by atoms with van der Waals surface area (Å²) in [5, 5.41) is 4.01. The Balaban J connectivity index is 2.25. The third-order valence-corrected chi connectivity index (χ3v) is 4.16. The molecule has 0 aliphatic carbocycles. The van der Waals surface area contributed by atoms with E-state index in [1.54, 1.807) is 0 Å². The van der Waals surface area contributed by atoms with Gasteiger partial charge in [-0.05, 0) is 43.5 Å². The van der Waals surface area contributed by atoms with E-state index >= 15 is 0 Å². The summed E-state index contributed by atoms with van der Waals surface area (Å²) in [5.41, 5.74) is 1.01. The van der Waals surface area contributed by atoms with Crippen molar-refractivity contribution in [3.05, 3.63) is 34.6 Å². The van der Waals surface area contributed by atoms with Crippen LogP contribution in [0.3, 0.4) is 0 Å². The van der Waals surface area contributed by atoms with Crippen molar-refractivity contribution >= 4 is 11.6 Å². The van der Waals surface area contributed by atoms with Crippen LogP contribution in [0.5, 0.6) is 0 Å². The fourth-order valence-corrected chi connectivity index (χ4v) is 3.10. The van der Waals surface area contributed by atoms with Crippen molar-refractivity contribution in [2.45, 2.75) is 31.6 Å². The molecule has 2 rings (SSSR count). The van der Waals surface area contributed by atoms with Crippen molar-refractivity contribution in [1.29, 1.82) is 0 Å². The van der Waals surface area contributed by atoms with E-state index < -0.39 is 0 Å². The van der Waals surface area contributed by atoms with E-state index in [0.717, 1.165) is 51.1 Å². The summed E-state index contributed by atoms with van der Waals surface area (Å²) >= 11 is 6.26. The molecule has 0 saturated carbocycles. The van der Waals surface area contributed by atoms with Gasteiger partial charge in [-0.1, -0.05) is 24.6 Å². The fourth-order valence-electron chi connectivity index (χ4n) is 2.73. The molecule has 1 saturated heterocycles. The maximum atomic E-state index is 13.2. The lowest BCUT2D eigenvalue weighted by Crippen LogP contribution is -2.43. The van der Waals surface area contributed by atoms with Gasteiger partial charge in [-0.15, -0.1) is 0 Å². The van der Waals surface area contributed by atoms with Crippen LogP contribution in [-0.4, -0.2) is 26.3 Å². The molecule has 0 aromatic heterocycles. The Hall–Kier alpha value is -0.640. The fraction of sp³-hybridized carbons (Fsp3) is 0.600. The van der Waals surface area contributed by atoms with E-state index in [9.17, 15) is 4.39 Å². The summed E-state index contributed by atoms with van der Waals surface area (Å²) < 4.78 is 18.7. The van der Waals surface area contributed by atoms with Crippen molar-refractivity contribution in [2.75, 3.05) is 26.3 Å². The summed E-state index contributed by atoms with van der Waals surface area (Å²) in [5.74, 6) is -0.280. The van der Waals surface area contributed by atoms with Gasteiger partial charge in [-0.3, -0.25) is 0 Å². The minimum Gasteiger partial charge on any atom is -0.381 e. The number of hydrogen-bond donors (Lipinski definition) is 1. The molecule has 0 radical (unpaired) electrons. The highest BCUT2D eigenvalue weighted by Gasteiger charge is 2.35. The third-order valence-electron chi connectivity index (χ3n) is 3.84. The third kappa shape index (κ3) is 3.47. The Kier molecular flexibility index (Phi) is 5.20. The van der Waals surface area contributed by atoms with Crippen LogP contribution < -0.4 is 5.32 Å². The molecule has 1 N–H and O–H groups in total. The standard InChI is InChI=1S/C15H21ClFNO/c1-2-7-18-11-15(5-8-19-9-6-15)13-4-3-12(17)10-14(13)16/h3-4,10,18H,2,5-9,11H2,1H3. The number of ether oxygens (including phenoxy) is 1. The maximum Gasteiger partial charge on any atom is 0.124 e. The van der Waals surface area contributed by atoms with Gasteiger partial charge in [-0.2, -0.15) is 0 Å². The Morgan fingerprint density at radius 2 is 2.11 bits per heavy atom. The van der Waals surface area contributed by atoms with Gasteiger partial charge >= 0.3 is 0 Å². The molecular weight excluding hydrogens is 265 g/mol. The van der Waals surface area contributed by atoms with Crippen LogP contribution in [0, 0.1) is 5.82 Å². The van der Waals surface area contributed by atoms with Gasteiger partial charge < -0.3 is 10.1 Å². The van der Waals surface area contributed by atoms with Crippen molar-refractivity contribution in [2.24, 2.45) is 0 Å². The molecule has 1 aliphatic rings. The monoisotopic (exact) mass is 285 g/mol. The van der Waals surface area contributed by atoms with Gasteiger partial charge in [0, 0.05) is 30.2 Å². The zero-order valence-electron chi connectivity index (χ0n) is 11.3. The first-order valence-electron chi connectivity index (χ1n) is 6.92. The Morgan fingerprint density at radius 3 is 2.74 bits per heavy atom. The molecular formula is C15H21ClFNO. The van der Waals surface area contributed by atoms with Crippen molar-refractivity contribution in [1.82, 2.24) is 5.32 Å². The molecule has 1 heterocycles. The van der Waals surface area contributed by atoms with Crippen molar-refractivity contribution in [3.8, 4) is 0 Å². The van der Waals surface area contributed by atoms with Gasteiger partial charge in [0.05, 0.1) is 0 Å². The zero-order chi connectivity index (χ0) is 13.7. The average molecular weight is 286 g/mol. The van der Waals surface area contributed by atoms with Gasteiger partial charge in [0.25, 0.3) is 0 Å². The Labute approximate surface area is 119 Å². The minimum absolute atomic E-state index is 0.0296. The quantitative estimate of drug-likeness (QED) is 0.836. The molecule has 4 heteroatoms. The molecule has 0 bridgehead atoms. The first-order valence-corrected chi connectivity index (χ1v) is 7.30. The molecule has 0 unspecified atom stereocenters. The lowest BCUT2D eigenvalue weighted by Gasteiger charge is -2.38. The van der Waals surface area contributed by atoms with Gasteiger partial charge in [0.15, 0.2) is 0 Å². The van der Waals surface area contributed by atoms with E-state index in [2.05, 4.69) is 12.2 Å². The molecule has 19 heavy (non-hydrogen) atoms. The van der Waals surface area contributed by atoms with E-state index in [-0.39, 0.29) is 11.2 Å². The van der Waals surface area contributed by atoms with E-state index in [4.69, 9.17) is 16.3 Å². The second-order valence-corrected chi connectivity index (χ2v) is 5.60. The Bertz CT molecular complexity index is 419. The largest absolute Gasteiger partial charge is 0.381 e. The Morgan fingerprint density at radius 1 is 1.37 bits per heavy atom. The van der Waals surface area contributed by atoms with Crippen LogP contribution in [0.25, 0.3) is 0 Å². The first kappa shape index (κ1) is 14.8. The number of nitrogens with one attached hydrogen (secondary N) is 1. The second kappa shape index (κ2) is 6.69. The molecule has 106 valence electrons. The summed E-state index contributed by atoms with van der Waals surface area (Å²) in [6.45, 7) is 5.48. The van der Waals surface area contributed by atoms with Crippen LogP contribution in [-0.2, 0) is 10.2 Å². The summed E-state index contributed by atoms with van der Waals surface area (Å²) in [4.78, 5) is 0. The molecule has 2 nitrogen and oxygen atoms in total. The molecule has 0 atom stereocenters. The highest BCUT2D eigenvalue weighted by Crippen LogP contribution is 2.38. The van der Waals surface area contributed by atoms with Crippen LogP contribution >= 0.6 is 11.6 Å². The summed E-state index contributed by atoms with van der Waals surface area (Å²) in [6.07, 6.45) is 2.95. The van der Waals surface area contributed by atoms with Crippen LogP contribution in [0.1, 0.15) is 31.7 Å². The minimum atomic E-state index is -0.280. The smallest absolute Gasteiger partial charge is 0.124 e. The number of halogens is 2. The highest BCUT2D eigenvalue weighted by atomic mass is 35.5. The molecule has 1 fully saturated rings. The van der Waals surface area contributed by atoms with Crippen LogP contribution in [0.15, 0.2) is 18.2 Å². The summed E-state index contributed by atoms with van der Waals surface area (Å²) in [6, 6.07) is 4.74. The zero-order valence-corrected chi connectivity index (χ0v) is 12.1. The summed E-state index contributed by atoms with van der Waals surface area (Å²) in [7, 11) is 0.